The maximum absolute atomic E-state index is 12.5. The molecule has 1 fully saturated rings. The van der Waals surface area contributed by atoms with Crippen LogP contribution in [-0.4, -0.2) is 51.0 Å². The Morgan fingerprint density at radius 3 is 2.26 bits per heavy atom. The van der Waals surface area contributed by atoms with Gasteiger partial charge in [0.25, 0.3) is 0 Å². The molecular formula is C18H37N3O2. The highest BCUT2D eigenvalue weighted by molar-refractivity contribution is 5.72. The lowest BCUT2D eigenvalue weighted by Gasteiger charge is -2.23. The molecule has 0 amide bonds. The normalized spacial score (nSPS) is 19.0. The predicted molar refractivity (Wildman–Crippen MR) is 95.2 cm³/mol. The van der Waals surface area contributed by atoms with Crippen molar-refractivity contribution < 1.29 is 9.53 Å². The fourth-order valence-electron chi connectivity index (χ4n) is 3.05. The van der Waals surface area contributed by atoms with E-state index < -0.39 is 0 Å². The third-order valence-electron chi connectivity index (χ3n) is 4.42. The summed E-state index contributed by atoms with van der Waals surface area (Å²) in [6.45, 7) is 4.68. The first-order valence-corrected chi connectivity index (χ1v) is 9.45. The first-order chi connectivity index (χ1) is 11.1. The van der Waals surface area contributed by atoms with Gasteiger partial charge in [-0.05, 0) is 46.4 Å². The summed E-state index contributed by atoms with van der Waals surface area (Å²) in [6, 6.07) is 0. The molecule has 5 heteroatoms. The van der Waals surface area contributed by atoms with Crippen molar-refractivity contribution in [2.24, 2.45) is 5.92 Å². The third kappa shape index (κ3) is 9.95. The van der Waals surface area contributed by atoms with E-state index in [1.807, 2.05) is 6.92 Å². The number of nitrogens with one attached hydrogen (secondary N) is 2. The van der Waals surface area contributed by atoms with Crippen molar-refractivity contribution in [1.29, 1.82) is 0 Å². The number of hydrogen-bond acceptors (Lipinski definition) is 5. The van der Waals surface area contributed by atoms with Gasteiger partial charge in [-0.1, -0.05) is 45.4 Å². The van der Waals surface area contributed by atoms with Gasteiger partial charge in [-0.2, -0.15) is 0 Å². The zero-order valence-corrected chi connectivity index (χ0v) is 15.4. The van der Waals surface area contributed by atoms with Crippen LogP contribution in [-0.2, 0) is 9.53 Å². The first-order valence-electron chi connectivity index (χ1n) is 9.45. The summed E-state index contributed by atoms with van der Waals surface area (Å²) in [5.74, 6) is 0.0517. The molecule has 0 aromatic carbocycles. The number of carbonyl (C=O) groups excluding carboxylic acids is 1. The second-order valence-corrected chi connectivity index (χ2v) is 6.88. The van der Waals surface area contributed by atoms with E-state index in [4.69, 9.17) is 4.74 Å². The molecule has 1 unspecified atom stereocenters. The van der Waals surface area contributed by atoms with E-state index in [0.717, 1.165) is 51.7 Å². The molecule has 0 spiro atoms. The van der Waals surface area contributed by atoms with Gasteiger partial charge < -0.3 is 9.64 Å². The Balaban J connectivity index is 2.37. The van der Waals surface area contributed by atoms with Crippen LogP contribution in [0.1, 0.15) is 64.7 Å². The van der Waals surface area contributed by atoms with Crippen LogP contribution in [0.2, 0.25) is 0 Å². The van der Waals surface area contributed by atoms with E-state index in [1.165, 1.54) is 25.7 Å². The van der Waals surface area contributed by atoms with Crippen LogP contribution >= 0.6 is 0 Å². The minimum Gasteiger partial charge on any atom is -0.433 e. The summed E-state index contributed by atoms with van der Waals surface area (Å²) in [5.41, 5.74) is 0. The molecule has 0 heterocycles. The molecule has 0 saturated heterocycles. The minimum atomic E-state index is -0.359. The molecule has 0 aliphatic heterocycles. The molecule has 23 heavy (non-hydrogen) atoms. The predicted octanol–water partition coefficient (Wildman–Crippen LogP) is 2.71. The number of nitrogens with zero attached hydrogens (tertiary/aromatic N) is 1. The van der Waals surface area contributed by atoms with Crippen molar-refractivity contribution in [3.8, 4) is 0 Å². The summed E-state index contributed by atoms with van der Waals surface area (Å²) in [6.07, 6.45) is 10.1. The highest BCUT2D eigenvalue weighted by Crippen LogP contribution is 2.23. The number of esters is 1. The van der Waals surface area contributed by atoms with Gasteiger partial charge in [0.2, 0.25) is 6.35 Å². The summed E-state index contributed by atoms with van der Waals surface area (Å²) in [7, 11) is 4.14. The SMILES string of the molecule is CCNC(NCCCN(C)C)OC(=O)C1CCCCCCCC1. The van der Waals surface area contributed by atoms with Gasteiger partial charge in [0.15, 0.2) is 0 Å². The monoisotopic (exact) mass is 327 g/mol. The molecule has 0 aromatic rings. The van der Waals surface area contributed by atoms with Crippen LogP contribution in [0.15, 0.2) is 0 Å². The van der Waals surface area contributed by atoms with Crippen molar-refractivity contribution in [1.82, 2.24) is 15.5 Å². The topological polar surface area (TPSA) is 53.6 Å². The van der Waals surface area contributed by atoms with E-state index in [1.54, 1.807) is 0 Å². The Kier molecular flexibility index (Phi) is 11.3. The quantitative estimate of drug-likeness (QED) is 0.387. The lowest BCUT2D eigenvalue weighted by atomic mass is 9.97. The smallest absolute Gasteiger partial charge is 0.311 e. The average Bonchev–Trinajstić information content (AvgIpc) is 2.65. The zero-order valence-electron chi connectivity index (χ0n) is 15.4. The standard InChI is InChI=1S/C18H37N3O2/c1-4-19-18(20-14-11-15-21(2)3)23-17(22)16-12-9-7-5-6-8-10-13-16/h16,18-20H,4-15H2,1-3H3. The average molecular weight is 328 g/mol. The Morgan fingerprint density at radius 2 is 1.70 bits per heavy atom. The largest absolute Gasteiger partial charge is 0.433 e. The van der Waals surface area contributed by atoms with Gasteiger partial charge in [-0.15, -0.1) is 0 Å². The van der Waals surface area contributed by atoms with E-state index in [9.17, 15) is 4.79 Å². The van der Waals surface area contributed by atoms with Gasteiger partial charge >= 0.3 is 5.97 Å². The maximum Gasteiger partial charge on any atom is 0.311 e. The van der Waals surface area contributed by atoms with Crippen LogP contribution in [0.25, 0.3) is 0 Å². The van der Waals surface area contributed by atoms with E-state index in [2.05, 4.69) is 29.6 Å². The van der Waals surface area contributed by atoms with Crippen molar-refractivity contribution in [3.05, 3.63) is 0 Å². The number of carbonyl (C=O) groups is 1. The van der Waals surface area contributed by atoms with Crippen molar-refractivity contribution in [3.63, 3.8) is 0 Å². The summed E-state index contributed by atoms with van der Waals surface area (Å²) in [5, 5.41) is 6.52. The summed E-state index contributed by atoms with van der Waals surface area (Å²) in [4.78, 5) is 14.7. The maximum atomic E-state index is 12.5. The summed E-state index contributed by atoms with van der Waals surface area (Å²) >= 11 is 0. The lowest BCUT2D eigenvalue weighted by molar-refractivity contribution is -0.158. The molecule has 136 valence electrons. The number of rotatable bonds is 9. The van der Waals surface area contributed by atoms with E-state index in [-0.39, 0.29) is 18.2 Å². The molecule has 1 atom stereocenters. The molecule has 5 nitrogen and oxygen atoms in total. The molecule has 1 aliphatic carbocycles. The van der Waals surface area contributed by atoms with Crippen molar-refractivity contribution in [2.75, 3.05) is 33.7 Å². The van der Waals surface area contributed by atoms with Crippen molar-refractivity contribution in [2.45, 2.75) is 71.1 Å². The summed E-state index contributed by atoms with van der Waals surface area (Å²) < 4.78 is 5.70. The Bertz CT molecular complexity index is 301. The second kappa shape index (κ2) is 12.7. The number of ether oxygens (including phenoxy) is 1. The van der Waals surface area contributed by atoms with Gasteiger partial charge in [-0.25, -0.2) is 0 Å². The third-order valence-corrected chi connectivity index (χ3v) is 4.42. The van der Waals surface area contributed by atoms with Gasteiger partial charge in [0.1, 0.15) is 0 Å². The highest BCUT2D eigenvalue weighted by atomic mass is 16.6. The highest BCUT2D eigenvalue weighted by Gasteiger charge is 2.23. The molecule has 1 rings (SSSR count). The minimum absolute atomic E-state index is 0.0297. The van der Waals surface area contributed by atoms with Crippen LogP contribution in [0.3, 0.4) is 0 Å². The molecule has 1 saturated carbocycles. The van der Waals surface area contributed by atoms with Crippen LogP contribution in [0.4, 0.5) is 0 Å². The van der Waals surface area contributed by atoms with Crippen molar-refractivity contribution >= 4 is 5.97 Å². The second-order valence-electron chi connectivity index (χ2n) is 6.88. The first kappa shape index (κ1) is 20.4. The fraction of sp³-hybridized carbons (Fsp3) is 0.944. The molecule has 0 bridgehead atoms. The van der Waals surface area contributed by atoms with Crippen LogP contribution < -0.4 is 10.6 Å². The molecule has 0 aromatic heterocycles. The van der Waals surface area contributed by atoms with Crippen LogP contribution in [0, 0.1) is 5.92 Å². The Morgan fingerprint density at radius 1 is 1.09 bits per heavy atom. The lowest BCUT2D eigenvalue weighted by Crippen LogP contribution is -2.47. The van der Waals surface area contributed by atoms with Gasteiger partial charge in [0.05, 0.1) is 5.92 Å². The van der Waals surface area contributed by atoms with E-state index in [0.29, 0.717) is 0 Å². The van der Waals surface area contributed by atoms with Gasteiger partial charge in [0, 0.05) is 6.54 Å². The fourth-order valence-corrected chi connectivity index (χ4v) is 3.05. The van der Waals surface area contributed by atoms with Gasteiger partial charge in [-0.3, -0.25) is 15.4 Å². The Labute approximate surface area is 142 Å². The molecule has 0 radical (unpaired) electrons. The molecule has 2 N–H and O–H groups in total. The van der Waals surface area contributed by atoms with E-state index >= 15 is 0 Å². The number of hydrogen-bond donors (Lipinski definition) is 2. The molecular weight excluding hydrogens is 290 g/mol. The Hall–Kier alpha value is -0.650. The van der Waals surface area contributed by atoms with Crippen LogP contribution in [0.5, 0.6) is 0 Å². The molecule has 1 aliphatic rings. The zero-order chi connectivity index (χ0) is 16.9.